The monoisotopic (exact) mass is 435 g/mol. The van der Waals surface area contributed by atoms with Crippen molar-refractivity contribution in [3.8, 4) is 11.6 Å². The number of hydrogen-bond donors (Lipinski definition) is 1. The fraction of sp³-hybridized carbons (Fsp3) is 0.375. The van der Waals surface area contributed by atoms with Crippen LogP contribution in [0.4, 0.5) is 0 Å². The van der Waals surface area contributed by atoms with E-state index in [0.717, 1.165) is 43.9 Å². The van der Waals surface area contributed by atoms with Crippen LogP contribution in [0.5, 0.6) is 5.75 Å². The van der Waals surface area contributed by atoms with Gasteiger partial charge in [0.2, 0.25) is 0 Å². The Morgan fingerprint density at radius 3 is 2.88 bits per heavy atom. The van der Waals surface area contributed by atoms with Crippen LogP contribution in [0.15, 0.2) is 61.1 Å². The molecule has 0 bridgehead atoms. The zero-order valence-corrected chi connectivity index (χ0v) is 18.3. The molecule has 8 nitrogen and oxygen atoms in total. The van der Waals surface area contributed by atoms with E-state index in [9.17, 15) is 4.79 Å². The molecule has 0 spiro atoms. The van der Waals surface area contributed by atoms with Gasteiger partial charge in [-0.2, -0.15) is 5.10 Å². The van der Waals surface area contributed by atoms with Crippen LogP contribution < -0.4 is 10.1 Å². The molecule has 0 aliphatic carbocycles. The van der Waals surface area contributed by atoms with Crippen LogP contribution in [0, 0.1) is 0 Å². The Hall–Kier alpha value is -3.23. The summed E-state index contributed by atoms with van der Waals surface area (Å²) in [6.45, 7) is 3.59. The first-order valence-electron chi connectivity index (χ1n) is 10.9. The third-order valence-electron chi connectivity index (χ3n) is 5.63. The maximum Gasteiger partial charge on any atom is 0.253 e. The van der Waals surface area contributed by atoms with Crippen LogP contribution in [0.3, 0.4) is 0 Å². The summed E-state index contributed by atoms with van der Waals surface area (Å²) in [4.78, 5) is 19.1. The van der Waals surface area contributed by atoms with Gasteiger partial charge < -0.3 is 14.8 Å². The minimum Gasteiger partial charge on any atom is -0.492 e. The molecule has 1 aliphatic heterocycles. The van der Waals surface area contributed by atoms with E-state index in [1.54, 1.807) is 35.4 Å². The maximum atomic E-state index is 12.5. The molecule has 2 aromatic heterocycles. The van der Waals surface area contributed by atoms with E-state index in [4.69, 9.17) is 9.47 Å². The topological polar surface area (TPSA) is 81.5 Å². The van der Waals surface area contributed by atoms with Gasteiger partial charge in [0, 0.05) is 50.9 Å². The molecule has 0 radical (unpaired) electrons. The third kappa shape index (κ3) is 5.93. The zero-order chi connectivity index (χ0) is 22.2. The highest BCUT2D eigenvalue weighted by atomic mass is 16.5. The molecule has 1 saturated heterocycles. The molecule has 3 aromatic rings. The molecule has 0 unspecified atom stereocenters. The fourth-order valence-electron chi connectivity index (χ4n) is 3.71. The first-order valence-corrected chi connectivity index (χ1v) is 10.9. The summed E-state index contributed by atoms with van der Waals surface area (Å²) in [6, 6.07) is 13.7. The Morgan fingerprint density at radius 1 is 1.25 bits per heavy atom. The summed E-state index contributed by atoms with van der Waals surface area (Å²) in [7, 11) is 2.14. The molecule has 4 rings (SSSR count). The normalized spacial score (nSPS) is 14.4. The number of carbonyl (C=O) groups excluding carboxylic acids is 1. The van der Waals surface area contributed by atoms with Crippen molar-refractivity contribution < 1.29 is 14.3 Å². The quantitative estimate of drug-likeness (QED) is 0.557. The molecule has 0 atom stereocenters. The van der Waals surface area contributed by atoms with Gasteiger partial charge in [-0.25, -0.2) is 9.67 Å². The summed E-state index contributed by atoms with van der Waals surface area (Å²) >= 11 is 0. The number of rotatable bonds is 9. The molecular formula is C24H29N5O3. The Bertz CT molecular complexity index is 985. The van der Waals surface area contributed by atoms with Crippen molar-refractivity contribution in [3.63, 3.8) is 0 Å². The maximum absolute atomic E-state index is 12.5. The largest absolute Gasteiger partial charge is 0.492 e. The Balaban J connectivity index is 1.24. The number of nitrogens with one attached hydrogen (secondary N) is 1. The number of aromatic nitrogens is 3. The second-order valence-corrected chi connectivity index (χ2v) is 7.86. The van der Waals surface area contributed by atoms with Crippen molar-refractivity contribution in [2.24, 2.45) is 0 Å². The summed E-state index contributed by atoms with van der Waals surface area (Å²) < 4.78 is 13.0. The van der Waals surface area contributed by atoms with Crippen LogP contribution in [0.1, 0.15) is 28.8 Å². The van der Waals surface area contributed by atoms with Gasteiger partial charge in [-0.15, -0.1) is 0 Å². The first kappa shape index (κ1) is 22.0. The van der Waals surface area contributed by atoms with E-state index in [1.807, 2.05) is 30.3 Å². The molecule has 1 amide bonds. The molecule has 1 aliphatic rings. The predicted molar refractivity (Wildman–Crippen MR) is 121 cm³/mol. The average molecular weight is 436 g/mol. The van der Waals surface area contributed by atoms with Gasteiger partial charge in [0.05, 0.1) is 5.56 Å². The Kier molecular flexibility index (Phi) is 7.47. The van der Waals surface area contributed by atoms with Crippen LogP contribution in [-0.4, -0.2) is 65.0 Å². The van der Waals surface area contributed by atoms with Crippen molar-refractivity contribution in [3.05, 3.63) is 72.2 Å². The van der Waals surface area contributed by atoms with Crippen molar-refractivity contribution >= 4 is 5.91 Å². The van der Waals surface area contributed by atoms with Crippen molar-refractivity contribution in [2.75, 3.05) is 33.4 Å². The van der Waals surface area contributed by atoms with Crippen molar-refractivity contribution in [1.29, 1.82) is 0 Å². The summed E-state index contributed by atoms with van der Waals surface area (Å²) in [5.74, 6) is 1.30. The lowest BCUT2D eigenvalue weighted by Gasteiger charge is -2.31. The molecule has 32 heavy (non-hydrogen) atoms. The van der Waals surface area contributed by atoms with E-state index in [0.29, 0.717) is 30.6 Å². The van der Waals surface area contributed by atoms with Gasteiger partial charge in [0.25, 0.3) is 5.91 Å². The number of pyridine rings is 1. The molecule has 168 valence electrons. The van der Waals surface area contributed by atoms with Crippen LogP contribution in [-0.2, 0) is 11.3 Å². The molecule has 1 aromatic carbocycles. The van der Waals surface area contributed by atoms with Gasteiger partial charge in [-0.1, -0.05) is 12.1 Å². The molecule has 3 heterocycles. The highest BCUT2D eigenvalue weighted by molar-refractivity contribution is 5.93. The highest BCUT2D eigenvalue weighted by Crippen LogP contribution is 2.15. The van der Waals surface area contributed by atoms with Gasteiger partial charge in [0.15, 0.2) is 5.82 Å². The average Bonchev–Trinajstić information content (AvgIpc) is 3.38. The third-order valence-corrected chi connectivity index (χ3v) is 5.63. The zero-order valence-electron chi connectivity index (χ0n) is 18.3. The highest BCUT2D eigenvalue weighted by Gasteiger charge is 2.18. The minimum absolute atomic E-state index is 0.172. The molecule has 1 fully saturated rings. The summed E-state index contributed by atoms with van der Waals surface area (Å²) in [5.41, 5.74) is 1.49. The second-order valence-electron chi connectivity index (χ2n) is 7.86. The van der Waals surface area contributed by atoms with Gasteiger partial charge in [0.1, 0.15) is 12.4 Å². The molecule has 0 saturated carbocycles. The lowest BCUT2D eigenvalue weighted by Crippen LogP contribution is -2.38. The van der Waals surface area contributed by atoms with Crippen molar-refractivity contribution in [1.82, 2.24) is 25.0 Å². The van der Waals surface area contributed by atoms with Gasteiger partial charge in [-0.3, -0.25) is 9.69 Å². The van der Waals surface area contributed by atoms with Crippen LogP contribution in [0.25, 0.3) is 5.82 Å². The van der Waals surface area contributed by atoms with E-state index in [-0.39, 0.29) is 5.91 Å². The van der Waals surface area contributed by atoms with E-state index >= 15 is 0 Å². The Morgan fingerprint density at radius 2 is 2.12 bits per heavy atom. The van der Waals surface area contributed by atoms with Gasteiger partial charge >= 0.3 is 0 Å². The number of ether oxygens (including phenoxy) is 2. The summed E-state index contributed by atoms with van der Waals surface area (Å²) in [5, 5.41) is 7.07. The molecule has 1 N–H and O–H groups in total. The number of amides is 1. The SMILES string of the molecule is CN(CCOc1cccc(CNC(=O)c2ccc(-n3cccn3)nc2)c1)C1CCOCC1. The Labute approximate surface area is 188 Å². The second kappa shape index (κ2) is 10.9. The van der Waals surface area contributed by atoms with E-state index in [2.05, 4.69) is 27.3 Å². The number of benzene rings is 1. The predicted octanol–water partition coefficient (Wildman–Crippen LogP) is 2.69. The van der Waals surface area contributed by atoms with E-state index in [1.165, 1.54) is 0 Å². The van der Waals surface area contributed by atoms with Crippen molar-refractivity contribution in [2.45, 2.75) is 25.4 Å². The molecule has 8 heteroatoms. The van der Waals surface area contributed by atoms with E-state index < -0.39 is 0 Å². The number of likely N-dealkylation sites (N-methyl/N-ethyl adjacent to an activating group) is 1. The number of hydrogen-bond acceptors (Lipinski definition) is 6. The smallest absolute Gasteiger partial charge is 0.253 e. The van der Waals surface area contributed by atoms with Gasteiger partial charge in [-0.05, 0) is 55.8 Å². The standard InChI is InChI=1S/C24H29N5O3/c1-28(21-8-13-31-14-9-21)12-15-32-22-5-2-4-19(16-22)17-26-24(30)20-6-7-23(25-18-20)29-11-3-10-27-29/h2-7,10-11,16,18,21H,8-9,12-15,17H2,1H3,(H,26,30). The first-order chi connectivity index (χ1) is 15.7. The minimum atomic E-state index is -0.172. The number of carbonyl (C=O) groups is 1. The lowest BCUT2D eigenvalue weighted by atomic mass is 10.1. The van der Waals surface area contributed by atoms with Crippen LogP contribution in [0.2, 0.25) is 0 Å². The summed E-state index contributed by atoms with van der Waals surface area (Å²) in [6.07, 6.45) is 7.20. The fourth-order valence-corrected chi connectivity index (χ4v) is 3.71. The van der Waals surface area contributed by atoms with Crippen LogP contribution >= 0.6 is 0 Å². The molecular weight excluding hydrogens is 406 g/mol. The number of nitrogens with zero attached hydrogens (tertiary/aromatic N) is 4. The lowest BCUT2D eigenvalue weighted by molar-refractivity contribution is 0.0392.